The Hall–Kier alpha value is -3.31. The molecule has 236 valence electrons. The Balaban J connectivity index is 1.06. The molecule has 7 rings (SSSR count). The highest BCUT2D eigenvalue weighted by Gasteiger charge is 2.36. The highest BCUT2D eigenvalue weighted by atomic mass is 79.9. The Morgan fingerprint density at radius 3 is 2.62 bits per heavy atom. The number of rotatable bonds is 7. The average Bonchev–Trinajstić information content (AvgIpc) is 3.05. The van der Waals surface area contributed by atoms with Gasteiger partial charge in [0.25, 0.3) is 0 Å². The molecule has 13 heteroatoms. The maximum absolute atomic E-state index is 13.4. The van der Waals surface area contributed by atoms with Crippen LogP contribution >= 0.6 is 23.1 Å². The van der Waals surface area contributed by atoms with E-state index in [2.05, 4.69) is 75.3 Å². The average molecular weight is 693 g/mol. The molecule has 4 aromatic rings. The second-order valence-electron chi connectivity index (χ2n) is 12.4. The predicted octanol–water partition coefficient (Wildman–Crippen LogP) is 5.28. The molecule has 0 saturated carbocycles. The number of benzene rings is 2. The number of ether oxygens (including phenoxy) is 1. The number of hydrogen-bond acceptors (Lipinski definition) is 11. The topological polar surface area (TPSA) is 112 Å². The first-order chi connectivity index (χ1) is 21.8. The van der Waals surface area contributed by atoms with Crippen molar-refractivity contribution in [3.63, 3.8) is 0 Å². The Morgan fingerprint density at radius 1 is 1.00 bits per heavy atom. The third kappa shape index (κ3) is 6.25. The third-order valence-corrected chi connectivity index (χ3v) is 11.3. The van der Waals surface area contributed by atoms with E-state index < -0.39 is 7.14 Å². The molecule has 3 aliphatic heterocycles. The molecular weight excluding hydrogens is 653 g/mol. The maximum atomic E-state index is 13.4. The minimum atomic E-state index is -2.72. The normalized spacial score (nSPS) is 19.6. The molecule has 0 spiro atoms. The van der Waals surface area contributed by atoms with Gasteiger partial charge in [0, 0.05) is 56.0 Å². The molecule has 0 unspecified atom stereocenters. The van der Waals surface area contributed by atoms with E-state index in [9.17, 15) is 4.57 Å². The van der Waals surface area contributed by atoms with Crippen LogP contribution in [-0.2, 0) is 4.57 Å². The van der Waals surface area contributed by atoms with Crippen molar-refractivity contribution in [3.05, 3.63) is 53.4 Å². The molecule has 3 aliphatic rings. The standard InChI is InChI=1S/C32H39BrN9O2P/c1-4-40-13-9-22(10-14-40)41-15-16-42-23(19-41)20-44-28-17-21(5-8-27(28)42)37-32-36-18-24(33)31(39-32)38-26-7-6-25-29(35-12-11-34-25)30(26)45(2,3)43/h5-8,11-12,17-18,22-23H,4,9-10,13-16,19-20H2,1-3H3,(H2,36,37,38,39)/t23-/m1/s1. The summed E-state index contributed by atoms with van der Waals surface area (Å²) in [6.07, 6.45) is 7.47. The van der Waals surface area contributed by atoms with Gasteiger partial charge in [0.15, 0.2) is 0 Å². The van der Waals surface area contributed by atoms with Crippen LogP contribution in [0.4, 0.5) is 28.8 Å². The Morgan fingerprint density at radius 2 is 1.82 bits per heavy atom. The smallest absolute Gasteiger partial charge is 0.229 e. The minimum absolute atomic E-state index is 0.366. The molecule has 2 aromatic heterocycles. The monoisotopic (exact) mass is 691 g/mol. The van der Waals surface area contributed by atoms with Gasteiger partial charge in [-0.05, 0) is 86.0 Å². The second kappa shape index (κ2) is 12.5. The number of halogens is 1. The summed E-state index contributed by atoms with van der Waals surface area (Å²) in [5.41, 5.74) is 3.97. The van der Waals surface area contributed by atoms with Crippen LogP contribution in [0.3, 0.4) is 0 Å². The van der Waals surface area contributed by atoms with Crippen molar-refractivity contribution in [2.45, 2.75) is 31.8 Å². The summed E-state index contributed by atoms with van der Waals surface area (Å²) >= 11 is 3.57. The lowest BCUT2D eigenvalue weighted by atomic mass is 9.99. The molecule has 5 heterocycles. The van der Waals surface area contributed by atoms with Gasteiger partial charge in [-0.2, -0.15) is 4.98 Å². The van der Waals surface area contributed by atoms with Gasteiger partial charge in [0.1, 0.15) is 30.8 Å². The van der Waals surface area contributed by atoms with Gasteiger partial charge >= 0.3 is 0 Å². The lowest BCUT2D eigenvalue weighted by Crippen LogP contribution is -2.60. The molecule has 0 bridgehead atoms. The fraction of sp³-hybridized carbons (Fsp3) is 0.438. The van der Waals surface area contributed by atoms with Gasteiger partial charge in [-0.3, -0.25) is 14.9 Å². The summed E-state index contributed by atoms with van der Waals surface area (Å²) in [5.74, 6) is 1.84. The molecule has 11 nitrogen and oxygen atoms in total. The molecule has 2 saturated heterocycles. The maximum Gasteiger partial charge on any atom is 0.229 e. The second-order valence-corrected chi connectivity index (χ2v) is 16.4. The van der Waals surface area contributed by atoms with Crippen LogP contribution in [0.2, 0.25) is 0 Å². The van der Waals surface area contributed by atoms with Crippen molar-refractivity contribution in [1.82, 2.24) is 29.7 Å². The number of nitrogens with zero attached hydrogens (tertiary/aromatic N) is 7. The lowest BCUT2D eigenvalue weighted by Gasteiger charge is -2.49. The quantitative estimate of drug-likeness (QED) is 0.247. The van der Waals surface area contributed by atoms with Crippen LogP contribution in [-0.4, -0.2) is 101 Å². The van der Waals surface area contributed by atoms with E-state index in [1.54, 1.807) is 31.9 Å². The molecule has 0 amide bonds. The van der Waals surface area contributed by atoms with Crippen molar-refractivity contribution in [1.29, 1.82) is 0 Å². The fourth-order valence-electron chi connectivity index (χ4n) is 6.84. The highest BCUT2D eigenvalue weighted by molar-refractivity contribution is 9.10. The number of anilines is 5. The first kappa shape index (κ1) is 30.3. The zero-order valence-corrected chi connectivity index (χ0v) is 28.4. The van der Waals surface area contributed by atoms with Crippen molar-refractivity contribution < 1.29 is 9.30 Å². The number of likely N-dealkylation sites (tertiary alicyclic amines) is 1. The van der Waals surface area contributed by atoms with E-state index in [4.69, 9.17) is 9.72 Å². The molecule has 2 N–H and O–H groups in total. The minimum Gasteiger partial charge on any atom is -0.489 e. The number of aromatic nitrogens is 4. The number of hydrogen-bond donors (Lipinski definition) is 2. The third-order valence-electron chi connectivity index (χ3n) is 9.14. The lowest BCUT2D eigenvalue weighted by molar-refractivity contribution is 0.0810. The first-order valence-corrected chi connectivity index (χ1v) is 19.0. The summed E-state index contributed by atoms with van der Waals surface area (Å²) in [5, 5.41) is 7.34. The van der Waals surface area contributed by atoms with E-state index in [-0.39, 0.29) is 0 Å². The zero-order valence-electron chi connectivity index (χ0n) is 25.9. The van der Waals surface area contributed by atoms with Gasteiger partial charge in [-0.1, -0.05) is 6.92 Å². The van der Waals surface area contributed by atoms with Gasteiger partial charge in [0.2, 0.25) is 5.95 Å². The van der Waals surface area contributed by atoms with Gasteiger partial charge in [-0.25, -0.2) is 4.98 Å². The summed E-state index contributed by atoms with van der Waals surface area (Å²) in [6.45, 7) is 13.1. The Bertz CT molecular complexity index is 1760. The zero-order chi connectivity index (χ0) is 31.1. The summed E-state index contributed by atoms with van der Waals surface area (Å²) in [7, 11) is -2.72. The first-order valence-electron chi connectivity index (χ1n) is 15.6. The van der Waals surface area contributed by atoms with E-state index in [0.29, 0.717) is 57.0 Å². The molecule has 0 aliphatic carbocycles. The highest BCUT2D eigenvalue weighted by Crippen LogP contribution is 2.42. The number of piperidine rings is 1. The van der Waals surface area contributed by atoms with E-state index >= 15 is 0 Å². The van der Waals surface area contributed by atoms with Crippen molar-refractivity contribution >= 4 is 68.2 Å². The molecule has 45 heavy (non-hydrogen) atoms. The van der Waals surface area contributed by atoms with Gasteiger partial charge in [-0.15, -0.1) is 0 Å². The van der Waals surface area contributed by atoms with Crippen LogP contribution < -0.4 is 25.6 Å². The largest absolute Gasteiger partial charge is 0.489 e. The fourth-order valence-corrected chi connectivity index (χ4v) is 8.52. The van der Waals surface area contributed by atoms with Crippen LogP contribution in [0.1, 0.15) is 19.8 Å². The summed E-state index contributed by atoms with van der Waals surface area (Å²) < 4.78 is 20.4. The number of nitrogens with one attached hydrogen (secondary N) is 2. The van der Waals surface area contributed by atoms with E-state index in [1.807, 2.05) is 18.2 Å². The van der Waals surface area contributed by atoms with Crippen LogP contribution in [0.5, 0.6) is 5.75 Å². The number of piperazine rings is 1. The summed E-state index contributed by atoms with van der Waals surface area (Å²) in [4.78, 5) is 25.9. The van der Waals surface area contributed by atoms with Crippen LogP contribution in [0, 0.1) is 0 Å². The van der Waals surface area contributed by atoms with E-state index in [1.165, 1.54) is 25.9 Å². The van der Waals surface area contributed by atoms with Crippen LogP contribution in [0.15, 0.2) is 53.4 Å². The predicted molar refractivity (Wildman–Crippen MR) is 185 cm³/mol. The molecular formula is C32H39BrN9O2P. The molecule has 2 aromatic carbocycles. The SMILES string of the molecule is CCN1CCC(N2CCN3c4ccc(Nc5ncc(Br)c(Nc6ccc7nccnc7c6P(C)(C)=O)n5)cc4OC[C@H]3C2)CC1. The van der Waals surface area contributed by atoms with Gasteiger partial charge in [0.05, 0.1) is 32.7 Å². The van der Waals surface area contributed by atoms with Gasteiger partial charge < -0.3 is 29.7 Å². The van der Waals surface area contributed by atoms with Crippen molar-refractivity contribution in [2.24, 2.45) is 0 Å². The molecule has 2 fully saturated rings. The van der Waals surface area contributed by atoms with Crippen molar-refractivity contribution in [2.75, 3.05) is 74.7 Å². The number of fused-ring (bicyclic) bond motifs is 4. The Kier molecular flexibility index (Phi) is 8.41. The van der Waals surface area contributed by atoms with E-state index in [0.717, 1.165) is 43.3 Å². The molecule has 0 radical (unpaired) electrons. The summed E-state index contributed by atoms with van der Waals surface area (Å²) in [6, 6.07) is 11.0. The Labute approximate surface area is 272 Å². The van der Waals surface area contributed by atoms with Crippen LogP contribution in [0.25, 0.3) is 11.0 Å². The molecule has 1 atom stereocenters. The van der Waals surface area contributed by atoms with Crippen molar-refractivity contribution in [3.8, 4) is 5.75 Å².